The molecule has 0 unspecified atom stereocenters. The van der Waals surface area contributed by atoms with E-state index in [-0.39, 0.29) is 19.1 Å². The van der Waals surface area contributed by atoms with E-state index in [1.54, 1.807) is 31.4 Å². The Balaban J connectivity index is 1.43. The van der Waals surface area contributed by atoms with E-state index < -0.39 is 5.60 Å². The Labute approximate surface area is 194 Å². The first-order valence-corrected chi connectivity index (χ1v) is 11.6. The Morgan fingerprint density at radius 3 is 2.84 bits per heavy atom. The second-order valence-corrected chi connectivity index (χ2v) is 9.92. The minimum atomic E-state index is -1.00. The molecule has 2 aliphatic heterocycles. The van der Waals surface area contributed by atoms with Crippen molar-refractivity contribution in [3.63, 3.8) is 0 Å². The summed E-state index contributed by atoms with van der Waals surface area (Å²) in [5.74, 6) is 0.109. The fourth-order valence-corrected chi connectivity index (χ4v) is 5.29. The van der Waals surface area contributed by atoms with E-state index in [0.717, 1.165) is 46.7 Å². The van der Waals surface area contributed by atoms with Gasteiger partial charge in [-0.2, -0.15) is 0 Å². The van der Waals surface area contributed by atoms with Gasteiger partial charge in [-0.25, -0.2) is 9.97 Å². The van der Waals surface area contributed by atoms with Crippen molar-refractivity contribution in [2.45, 2.75) is 12.0 Å². The van der Waals surface area contributed by atoms with Gasteiger partial charge in [0.15, 0.2) is 5.60 Å². The van der Waals surface area contributed by atoms with Crippen LogP contribution >= 0.6 is 22.9 Å². The summed E-state index contributed by atoms with van der Waals surface area (Å²) in [5, 5.41) is 12.6. The summed E-state index contributed by atoms with van der Waals surface area (Å²) in [6.45, 7) is 2.50. The highest BCUT2D eigenvalue weighted by Crippen LogP contribution is 2.41. The predicted molar refractivity (Wildman–Crippen MR) is 125 cm³/mol. The lowest BCUT2D eigenvalue weighted by molar-refractivity contribution is -0.184. The number of carbonyl (C=O) groups excluding carboxylic acids is 1. The first-order valence-electron chi connectivity index (χ1n) is 10.4. The van der Waals surface area contributed by atoms with Crippen LogP contribution in [0.1, 0.15) is 17.1 Å². The molecular weight excluding hydrogens is 450 g/mol. The van der Waals surface area contributed by atoms with Gasteiger partial charge in [0.25, 0.3) is 0 Å². The number of likely N-dealkylation sites (N-methyl/N-ethyl adjacent to an activating group) is 1. The number of rotatable bonds is 5. The van der Waals surface area contributed by atoms with Crippen molar-refractivity contribution < 1.29 is 14.6 Å². The third kappa shape index (κ3) is 3.84. The van der Waals surface area contributed by atoms with E-state index in [1.165, 1.54) is 16.9 Å². The summed E-state index contributed by atoms with van der Waals surface area (Å²) in [6.07, 6.45) is 6.40. The van der Waals surface area contributed by atoms with Crippen molar-refractivity contribution in [2.75, 3.05) is 46.9 Å². The number of pyridine rings is 1. The maximum atomic E-state index is 12.0. The smallest absolute Gasteiger partial charge is 0.236 e. The zero-order valence-electron chi connectivity index (χ0n) is 17.9. The highest BCUT2D eigenvalue weighted by Gasteiger charge is 2.41. The molecule has 0 bridgehead atoms. The number of ether oxygens (including phenoxy) is 1. The predicted octanol–water partition coefficient (Wildman–Crippen LogP) is 2.73. The SMILES string of the molecule is CN(C)C(=O)CN1CC=C(c2cc3c(-c4cnc(C5(O)COC5)s4)c(Cl)cnc3[nH]2)CC1. The number of amides is 1. The number of H-pyrrole nitrogens is 1. The molecule has 3 aromatic rings. The fraction of sp³-hybridized carbons (Fsp3) is 0.409. The standard InChI is InChI=1S/C22H24ClN5O3S/c1-27(2)18(29)10-28-5-3-13(4-6-28)16-7-14-19(15(23)8-24-20(14)26-16)17-9-25-21(32-17)22(30)11-31-12-22/h3,7-9,30H,4-6,10-12H2,1-2H3,(H,24,26). The van der Waals surface area contributed by atoms with Crippen molar-refractivity contribution >= 4 is 45.5 Å². The van der Waals surface area contributed by atoms with E-state index in [1.807, 2.05) is 0 Å². The normalized spacial score (nSPS) is 18.4. The van der Waals surface area contributed by atoms with Gasteiger partial charge in [0.05, 0.1) is 29.7 Å². The molecule has 1 amide bonds. The number of thiazole rings is 1. The van der Waals surface area contributed by atoms with Gasteiger partial charge in [0, 0.05) is 56.2 Å². The van der Waals surface area contributed by atoms with E-state index in [4.69, 9.17) is 16.3 Å². The van der Waals surface area contributed by atoms with E-state index in [0.29, 0.717) is 16.6 Å². The molecule has 168 valence electrons. The molecule has 5 rings (SSSR count). The van der Waals surface area contributed by atoms with Gasteiger partial charge >= 0.3 is 0 Å². The molecule has 0 spiro atoms. The van der Waals surface area contributed by atoms with Crippen LogP contribution in [0.5, 0.6) is 0 Å². The van der Waals surface area contributed by atoms with Gasteiger partial charge < -0.3 is 19.7 Å². The summed E-state index contributed by atoms with van der Waals surface area (Å²) in [4.78, 5) is 29.0. The number of nitrogens with one attached hydrogen (secondary N) is 1. The molecule has 3 aromatic heterocycles. The van der Waals surface area contributed by atoms with E-state index in [9.17, 15) is 9.90 Å². The van der Waals surface area contributed by atoms with Gasteiger partial charge in [-0.1, -0.05) is 17.7 Å². The summed E-state index contributed by atoms with van der Waals surface area (Å²) in [5.41, 5.74) is 2.82. The average Bonchev–Trinajstić information content (AvgIpc) is 3.40. The highest BCUT2D eigenvalue weighted by molar-refractivity contribution is 7.15. The van der Waals surface area contributed by atoms with Crippen molar-refractivity contribution in [2.24, 2.45) is 0 Å². The molecule has 1 fully saturated rings. The topological polar surface area (TPSA) is 94.6 Å². The number of hydrogen-bond acceptors (Lipinski definition) is 7. The summed E-state index contributed by atoms with van der Waals surface area (Å²) < 4.78 is 5.16. The van der Waals surface area contributed by atoms with Crippen LogP contribution in [-0.4, -0.2) is 82.7 Å². The quantitative estimate of drug-likeness (QED) is 0.591. The van der Waals surface area contributed by atoms with Crippen LogP contribution in [-0.2, 0) is 15.1 Å². The lowest BCUT2D eigenvalue weighted by Gasteiger charge is -2.34. The maximum absolute atomic E-state index is 12.0. The average molecular weight is 474 g/mol. The zero-order chi connectivity index (χ0) is 22.5. The molecule has 2 aliphatic rings. The van der Waals surface area contributed by atoms with Crippen LogP contribution in [0.2, 0.25) is 5.02 Å². The molecule has 0 aliphatic carbocycles. The number of fused-ring (bicyclic) bond motifs is 1. The molecule has 5 heterocycles. The van der Waals surface area contributed by atoms with Crippen LogP contribution < -0.4 is 0 Å². The minimum absolute atomic E-state index is 0.109. The zero-order valence-corrected chi connectivity index (χ0v) is 19.5. The van der Waals surface area contributed by atoms with Crippen LogP contribution in [0.3, 0.4) is 0 Å². The second-order valence-electron chi connectivity index (χ2n) is 8.48. The van der Waals surface area contributed by atoms with E-state index in [2.05, 4.69) is 32.0 Å². The van der Waals surface area contributed by atoms with Gasteiger partial charge in [-0.3, -0.25) is 9.69 Å². The van der Waals surface area contributed by atoms with Crippen LogP contribution in [0, 0.1) is 0 Å². The Hall–Kier alpha value is -2.30. The molecule has 0 aromatic carbocycles. The molecule has 0 radical (unpaired) electrons. The summed E-state index contributed by atoms with van der Waals surface area (Å²) >= 11 is 7.98. The molecular formula is C22H24ClN5O3S. The number of halogens is 1. The Kier molecular flexibility index (Phi) is 5.55. The van der Waals surface area contributed by atoms with Crippen molar-refractivity contribution in [3.8, 4) is 10.4 Å². The first-order chi connectivity index (χ1) is 15.3. The van der Waals surface area contributed by atoms with Crippen molar-refractivity contribution in [3.05, 3.63) is 40.3 Å². The van der Waals surface area contributed by atoms with Crippen LogP contribution in [0.25, 0.3) is 27.0 Å². The minimum Gasteiger partial charge on any atom is -0.378 e. The largest absolute Gasteiger partial charge is 0.378 e. The highest BCUT2D eigenvalue weighted by atomic mass is 35.5. The molecule has 0 atom stereocenters. The molecule has 10 heteroatoms. The van der Waals surface area contributed by atoms with Crippen LogP contribution in [0.15, 0.2) is 24.5 Å². The molecule has 32 heavy (non-hydrogen) atoms. The number of carbonyl (C=O) groups is 1. The number of aliphatic hydroxyl groups is 1. The number of aromatic nitrogens is 3. The van der Waals surface area contributed by atoms with Gasteiger partial charge in [-0.15, -0.1) is 11.3 Å². The molecule has 1 saturated heterocycles. The lowest BCUT2D eigenvalue weighted by Crippen LogP contribution is -2.46. The fourth-order valence-electron chi connectivity index (χ4n) is 3.93. The summed E-state index contributed by atoms with van der Waals surface area (Å²) in [6, 6.07) is 2.08. The van der Waals surface area contributed by atoms with Crippen molar-refractivity contribution in [1.82, 2.24) is 24.8 Å². The van der Waals surface area contributed by atoms with E-state index >= 15 is 0 Å². The Morgan fingerprint density at radius 2 is 2.19 bits per heavy atom. The number of hydrogen-bond donors (Lipinski definition) is 2. The number of nitrogens with zero attached hydrogens (tertiary/aromatic N) is 4. The van der Waals surface area contributed by atoms with Gasteiger partial charge in [0.1, 0.15) is 10.7 Å². The second kappa shape index (κ2) is 8.24. The van der Waals surface area contributed by atoms with Gasteiger partial charge in [-0.05, 0) is 18.1 Å². The lowest BCUT2D eigenvalue weighted by atomic mass is 10.0. The first kappa shape index (κ1) is 21.5. The summed E-state index contributed by atoms with van der Waals surface area (Å²) in [7, 11) is 3.56. The Bertz CT molecular complexity index is 1210. The molecule has 0 saturated carbocycles. The maximum Gasteiger partial charge on any atom is 0.236 e. The third-order valence-electron chi connectivity index (χ3n) is 5.94. The van der Waals surface area contributed by atoms with Crippen molar-refractivity contribution in [1.29, 1.82) is 0 Å². The molecule has 8 nitrogen and oxygen atoms in total. The third-order valence-corrected chi connectivity index (χ3v) is 7.44. The van der Waals surface area contributed by atoms with Crippen LogP contribution in [0.4, 0.5) is 0 Å². The Morgan fingerprint density at radius 1 is 1.38 bits per heavy atom. The number of aromatic amines is 1. The molecule has 2 N–H and O–H groups in total. The van der Waals surface area contributed by atoms with Gasteiger partial charge in [0.2, 0.25) is 5.91 Å². The monoisotopic (exact) mass is 473 g/mol.